The van der Waals surface area contributed by atoms with E-state index in [1.54, 1.807) is 23.0 Å². The summed E-state index contributed by atoms with van der Waals surface area (Å²) < 4.78 is 13.7. The van der Waals surface area contributed by atoms with Crippen LogP contribution in [0.2, 0.25) is 0 Å². The van der Waals surface area contributed by atoms with Crippen LogP contribution >= 0.6 is 11.3 Å². The summed E-state index contributed by atoms with van der Waals surface area (Å²) in [6.45, 7) is 0. The van der Waals surface area contributed by atoms with Gasteiger partial charge in [-0.15, -0.1) is 11.3 Å². The number of benzene rings is 1. The fourth-order valence-corrected chi connectivity index (χ4v) is 6.43. The van der Waals surface area contributed by atoms with Crippen molar-refractivity contribution < 1.29 is 14.3 Å². The molecule has 5 heterocycles. The van der Waals surface area contributed by atoms with Crippen LogP contribution in [-0.4, -0.2) is 44.8 Å². The summed E-state index contributed by atoms with van der Waals surface area (Å²) in [5, 5.41) is 10.4. The molecule has 4 atom stereocenters. The monoisotopic (exact) mass is 477 g/mol. The van der Waals surface area contributed by atoms with Crippen LogP contribution in [0.3, 0.4) is 0 Å². The number of aliphatic hydroxyl groups is 1. The maximum Gasteiger partial charge on any atom is 0.275 e. The van der Waals surface area contributed by atoms with Crippen LogP contribution in [0.5, 0.6) is 5.75 Å². The van der Waals surface area contributed by atoms with Gasteiger partial charge in [0.25, 0.3) is 5.56 Å². The standard InChI is InChI=1S/C26H27N3O4S/c1-28-17-4-5-18(28)12-20(11-17)33-19-8-6-16(7-9-19)29-15-27-22-13-21(34-25(22)26(29)31)14-23(30)24-3-2-10-32-24/h2-3,6-10,13,15,17-18,20,23,30H,4-5,11-12,14H2,1H3/t17-,18+,20?,23?. The Balaban J connectivity index is 1.19. The highest BCUT2D eigenvalue weighted by Crippen LogP contribution is 2.36. The molecular weight excluding hydrogens is 450 g/mol. The maximum atomic E-state index is 13.2. The molecule has 2 aliphatic rings. The van der Waals surface area contributed by atoms with Crippen LogP contribution in [-0.2, 0) is 6.42 Å². The lowest BCUT2D eigenvalue weighted by molar-refractivity contribution is 0.0662. The molecule has 34 heavy (non-hydrogen) atoms. The topological polar surface area (TPSA) is 80.7 Å². The number of hydrogen-bond donors (Lipinski definition) is 1. The second-order valence-electron chi connectivity index (χ2n) is 9.34. The zero-order chi connectivity index (χ0) is 23.2. The van der Waals surface area contributed by atoms with E-state index in [4.69, 9.17) is 9.15 Å². The number of piperidine rings is 1. The minimum atomic E-state index is -0.752. The zero-order valence-corrected chi connectivity index (χ0v) is 19.8. The van der Waals surface area contributed by atoms with E-state index in [0.29, 0.717) is 34.5 Å². The van der Waals surface area contributed by atoms with Crippen molar-refractivity contribution in [3.05, 3.63) is 76.0 Å². The van der Waals surface area contributed by atoms with E-state index in [2.05, 4.69) is 16.9 Å². The van der Waals surface area contributed by atoms with Gasteiger partial charge in [0.15, 0.2) is 0 Å². The molecule has 3 aromatic heterocycles. The Bertz CT molecular complexity index is 1330. The average molecular weight is 478 g/mol. The van der Waals surface area contributed by atoms with Crippen molar-refractivity contribution in [3.63, 3.8) is 0 Å². The number of aromatic nitrogens is 2. The molecular formula is C26H27N3O4S. The molecule has 2 unspecified atom stereocenters. The molecule has 8 heteroatoms. The predicted octanol–water partition coefficient (Wildman–Crippen LogP) is 4.32. The SMILES string of the molecule is CN1[C@@H]2CC[C@H]1CC(Oc1ccc(-n3cnc4cc(CC(O)c5ccco5)sc4c3=O)cc1)C2. The van der Waals surface area contributed by atoms with Gasteiger partial charge in [0, 0.05) is 23.4 Å². The number of nitrogens with zero attached hydrogens (tertiary/aromatic N) is 3. The molecule has 2 bridgehead atoms. The summed E-state index contributed by atoms with van der Waals surface area (Å²) in [5.41, 5.74) is 1.28. The van der Waals surface area contributed by atoms with Gasteiger partial charge < -0.3 is 19.2 Å². The number of hydrogen-bond acceptors (Lipinski definition) is 7. The van der Waals surface area contributed by atoms with Gasteiger partial charge in [-0.3, -0.25) is 9.36 Å². The summed E-state index contributed by atoms with van der Waals surface area (Å²) in [7, 11) is 2.23. The Morgan fingerprint density at radius 1 is 1.21 bits per heavy atom. The summed E-state index contributed by atoms with van der Waals surface area (Å²) in [6.07, 6.45) is 7.66. The minimum absolute atomic E-state index is 0.116. The molecule has 6 rings (SSSR count). The highest BCUT2D eigenvalue weighted by atomic mass is 32.1. The van der Waals surface area contributed by atoms with Crippen molar-refractivity contribution in [1.82, 2.24) is 14.5 Å². The van der Waals surface area contributed by atoms with E-state index in [1.807, 2.05) is 30.3 Å². The van der Waals surface area contributed by atoms with Crippen LogP contribution in [0, 0.1) is 0 Å². The number of fused-ring (bicyclic) bond motifs is 3. The van der Waals surface area contributed by atoms with Gasteiger partial charge in [-0.05, 0) is 75.2 Å². The Kier molecular flexibility index (Phi) is 5.51. The Labute approximate surface area is 201 Å². The first-order chi connectivity index (χ1) is 16.5. The highest BCUT2D eigenvalue weighted by Gasteiger charge is 2.39. The van der Waals surface area contributed by atoms with Crippen LogP contribution in [0.1, 0.15) is 42.4 Å². The third-order valence-corrected chi connectivity index (χ3v) is 8.36. The first kappa shape index (κ1) is 21.6. The molecule has 2 aliphatic heterocycles. The molecule has 2 saturated heterocycles. The molecule has 2 fully saturated rings. The van der Waals surface area contributed by atoms with Crippen molar-refractivity contribution in [2.45, 2.75) is 56.4 Å². The average Bonchev–Trinajstić information content (AvgIpc) is 3.54. The van der Waals surface area contributed by atoms with Crippen molar-refractivity contribution in [1.29, 1.82) is 0 Å². The number of aliphatic hydroxyl groups excluding tert-OH is 1. The van der Waals surface area contributed by atoms with Crippen molar-refractivity contribution in [3.8, 4) is 11.4 Å². The number of thiophene rings is 1. The van der Waals surface area contributed by atoms with E-state index in [9.17, 15) is 9.90 Å². The van der Waals surface area contributed by atoms with Gasteiger partial charge in [0.2, 0.25) is 0 Å². The smallest absolute Gasteiger partial charge is 0.275 e. The predicted molar refractivity (Wildman–Crippen MR) is 131 cm³/mol. The molecule has 176 valence electrons. The van der Waals surface area contributed by atoms with Crippen LogP contribution < -0.4 is 10.3 Å². The molecule has 0 amide bonds. The van der Waals surface area contributed by atoms with E-state index >= 15 is 0 Å². The van der Waals surface area contributed by atoms with E-state index in [-0.39, 0.29) is 11.7 Å². The third-order valence-electron chi connectivity index (χ3n) is 7.23. The van der Waals surface area contributed by atoms with Gasteiger partial charge in [-0.1, -0.05) is 0 Å². The lowest BCUT2D eigenvalue weighted by atomic mass is 10.0. The highest BCUT2D eigenvalue weighted by molar-refractivity contribution is 7.18. The lowest BCUT2D eigenvalue weighted by Gasteiger charge is -2.36. The first-order valence-electron chi connectivity index (χ1n) is 11.8. The van der Waals surface area contributed by atoms with Crippen LogP contribution in [0.25, 0.3) is 15.9 Å². The molecule has 1 aromatic carbocycles. The van der Waals surface area contributed by atoms with Crippen LogP contribution in [0.15, 0.2) is 64.3 Å². The maximum absolute atomic E-state index is 13.2. The Morgan fingerprint density at radius 2 is 1.97 bits per heavy atom. The zero-order valence-electron chi connectivity index (χ0n) is 19.0. The van der Waals surface area contributed by atoms with E-state index in [1.165, 1.54) is 30.4 Å². The van der Waals surface area contributed by atoms with Crippen LogP contribution in [0.4, 0.5) is 0 Å². The summed E-state index contributed by atoms with van der Waals surface area (Å²) in [4.78, 5) is 21.1. The summed E-state index contributed by atoms with van der Waals surface area (Å²) in [6, 6.07) is 14.3. The quantitative estimate of drug-likeness (QED) is 0.446. The molecule has 1 N–H and O–H groups in total. The molecule has 0 spiro atoms. The molecule has 0 saturated carbocycles. The molecule has 4 aromatic rings. The van der Waals surface area contributed by atoms with Gasteiger partial charge in [-0.25, -0.2) is 4.98 Å². The number of rotatable bonds is 6. The van der Waals surface area contributed by atoms with Gasteiger partial charge in [-0.2, -0.15) is 0 Å². The largest absolute Gasteiger partial charge is 0.490 e. The Morgan fingerprint density at radius 3 is 2.68 bits per heavy atom. The third kappa shape index (κ3) is 3.96. The summed E-state index contributed by atoms with van der Waals surface area (Å²) >= 11 is 1.37. The molecule has 7 nitrogen and oxygen atoms in total. The van der Waals surface area contributed by atoms with Gasteiger partial charge in [0.1, 0.15) is 34.7 Å². The second kappa shape index (κ2) is 8.69. The normalized spacial score (nSPS) is 23.4. The Hall–Kier alpha value is -2.94. The van der Waals surface area contributed by atoms with E-state index < -0.39 is 6.10 Å². The second-order valence-corrected chi connectivity index (χ2v) is 10.5. The number of ether oxygens (including phenoxy) is 1. The fourth-order valence-electron chi connectivity index (χ4n) is 5.35. The van der Waals surface area contributed by atoms with Crippen molar-refractivity contribution >= 4 is 21.6 Å². The van der Waals surface area contributed by atoms with Crippen molar-refractivity contribution in [2.24, 2.45) is 0 Å². The molecule has 0 radical (unpaired) electrons. The fraction of sp³-hybridized carbons (Fsp3) is 0.385. The van der Waals surface area contributed by atoms with Gasteiger partial charge in [0.05, 0.1) is 17.5 Å². The minimum Gasteiger partial charge on any atom is -0.490 e. The van der Waals surface area contributed by atoms with Gasteiger partial charge >= 0.3 is 0 Å². The first-order valence-corrected chi connectivity index (χ1v) is 12.6. The van der Waals surface area contributed by atoms with Crippen molar-refractivity contribution in [2.75, 3.05) is 7.05 Å². The lowest BCUT2D eigenvalue weighted by Crippen LogP contribution is -2.43. The van der Waals surface area contributed by atoms with E-state index in [0.717, 1.165) is 29.2 Å². The summed E-state index contributed by atoms with van der Waals surface area (Å²) in [5.74, 6) is 1.35. The molecule has 0 aliphatic carbocycles. The number of furan rings is 1.